The van der Waals surface area contributed by atoms with E-state index in [1.807, 2.05) is 30.3 Å². The van der Waals surface area contributed by atoms with Crippen molar-refractivity contribution in [1.82, 2.24) is 19.9 Å². The Labute approximate surface area is 161 Å². The molecule has 1 fully saturated rings. The second-order valence-corrected chi connectivity index (χ2v) is 6.91. The number of nitrogens with one attached hydrogen (secondary N) is 2. The van der Waals surface area contributed by atoms with Gasteiger partial charge >= 0.3 is 0 Å². The van der Waals surface area contributed by atoms with Crippen molar-refractivity contribution in [2.75, 3.05) is 13.1 Å². The number of piperidine rings is 1. The fraction of sp³-hybridized carbons (Fsp3) is 0.238. The summed E-state index contributed by atoms with van der Waals surface area (Å²) in [5.74, 6) is -0.307. The van der Waals surface area contributed by atoms with Crippen molar-refractivity contribution in [3.05, 3.63) is 86.8 Å². The maximum Gasteiger partial charge on any atom is 0.261 e. The molecule has 2 aromatic heterocycles. The summed E-state index contributed by atoms with van der Waals surface area (Å²) < 4.78 is 0. The molecule has 28 heavy (non-hydrogen) atoms. The Bertz CT molecular complexity index is 1100. The molecule has 1 amide bonds. The molecule has 1 saturated heterocycles. The molecule has 0 unspecified atom stereocenters. The minimum absolute atomic E-state index is 0.0114. The molecule has 1 aliphatic rings. The number of H-pyrrole nitrogens is 2. The van der Waals surface area contributed by atoms with Crippen LogP contribution in [0, 0.1) is 0 Å². The standard InChI is InChI=1S/C21H20N4O3/c26-19-11-18(22-13-23-19)15-7-4-10-25(12-15)21(28)16-8-9-17(24-20(16)27)14-5-2-1-3-6-14/h1-3,5-6,8-9,11,13,15H,4,7,10,12H2,(H,24,27)(H,22,23,26)/t15-/m0/s1. The summed E-state index contributed by atoms with van der Waals surface area (Å²) in [7, 11) is 0. The molecule has 0 aliphatic carbocycles. The van der Waals surface area contributed by atoms with Crippen molar-refractivity contribution < 1.29 is 4.79 Å². The molecule has 2 N–H and O–H groups in total. The van der Waals surface area contributed by atoms with Gasteiger partial charge in [0.15, 0.2) is 0 Å². The number of nitrogens with zero attached hydrogens (tertiary/aromatic N) is 2. The van der Waals surface area contributed by atoms with E-state index in [-0.39, 0.29) is 22.9 Å². The minimum atomic E-state index is -0.400. The van der Waals surface area contributed by atoms with Gasteiger partial charge in [0.1, 0.15) is 5.56 Å². The molecule has 3 aromatic rings. The number of amides is 1. The molecule has 1 aromatic carbocycles. The van der Waals surface area contributed by atoms with Gasteiger partial charge < -0.3 is 14.9 Å². The third-order valence-electron chi connectivity index (χ3n) is 5.05. The molecular formula is C21H20N4O3. The number of rotatable bonds is 3. The lowest BCUT2D eigenvalue weighted by atomic mass is 9.94. The van der Waals surface area contributed by atoms with E-state index >= 15 is 0 Å². The Morgan fingerprint density at radius 2 is 1.93 bits per heavy atom. The molecule has 1 atom stereocenters. The van der Waals surface area contributed by atoms with Gasteiger partial charge in [-0.25, -0.2) is 4.98 Å². The highest BCUT2D eigenvalue weighted by molar-refractivity contribution is 5.94. The van der Waals surface area contributed by atoms with Crippen LogP contribution in [0.15, 0.2) is 64.4 Å². The Balaban J connectivity index is 1.55. The first-order valence-corrected chi connectivity index (χ1v) is 9.24. The Hall–Kier alpha value is -3.48. The number of benzene rings is 1. The van der Waals surface area contributed by atoms with E-state index in [9.17, 15) is 14.4 Å². The molecule has 3 heterocycles. The molecule has 0 bridgehead atoms. The van der Waals surface area contributed by atoms with E-state index in [1.165, 1.54) is 12.4 Å². The number of carbonyl (C=O) groups is 1. The van der Waals surface area contributed by atoms with Crippen molar-refractivity contribution in [2.24, 2.45) is 0 Å². The van der Waals surface area contributed by atoms with E-state index in [4.69, 9.17) is 0 Å². The van der Waals surface area contributed by atoms with Crippen LogP contribution in [0.5, 0.6) is 0 Å². The van der Waals surface area contributed by atoms with Crippen LogP contribution in [0.1, 0.15) is 34.8 Å². The number of hydrogen-bond donors (Lipinski definition) is 2. The zero-order valence-electron chi connectivity index (χ0n) is 15.2. The van der Waals surface area contributed by atoms with Crippen LogP contribution in [0.4, 0.5) is 0 Å². The predicted octanol–water partition coefficient (Wildman–Crippen LogP) is 2.14. The lowest BCUT2D eigenvalue weighted by Gasteiger charge is -2.32. The van der Waals surface area contributed by atoms with Gasteiger partial charge in [-0.2, -0.15) is 0 Å². The zero-order valence-corrected chi connectivity index (χ0v) is 15.2. The largest absolute Gasteiger partial charge is 0.338 e. The molecular weight excluding hydrogens is 356 g/mol. The van der Waals surface area contributed by atoms with Gasteiger partial charge in [-0.05, 0) is 30.5 Å². The Kier molecular flexibility index (Phi) is 4.89. The van der Waals surface area contributed by atoms with Gasteiger partial charge in [0.05, 0.1) is 12.0 Å². The third kappa shape index (κ3) is 3.64. The van der Waals surface area contributed by atoms with Gasteiger partial charge in [-0.1, -0.05) is 30.3 Å². The average Bonchev–Trinajstić information content (AvgIpc) is 2.74. The van der Waals surface area contributed by atoms with Crippen molar-refractivity contribution in [1.29, 1.82) is 0 Å². The van der Waals surface area contributed by atoms with Gasteiger partial charge in [0.2, 0.25) is 0 Å². The van der Waals surface area contributed by atoms with Crippen molar-refractivity contribution in [3.63, 3.8) is 0 Å². The van der Waals surface area contributed by atoms with E-state index in [2.05, 4.69) is 15.0 Å². The summed E-state index contributed by atoms with van der Waals surface area (Å²) in [4.78, 5) is 48.2. The van der Waals surface area contributed by atoms with E-state index in [0.717, 1.165) is 18.4 Å². The molecule has 7 heteroatoms. The molecule has 0 saturated carbocycles. The van der Waals surface area contributed by atoms with Crippen LogP contribution in [-0.4, -0.2) is 38.8 Å². The zero-order chi connectivity index (χ0) is 19.5. The fourth-order valence-corrected chi connectivity index (χ4v) is 3.61. The van der Waals surface area contributed by atoms with Crippen LogP contribution < -0.4 is 11.1 Å². The van der Waals surface area contributed by atoms with Crippen molar-refractivity contribution in [2.45, 2.75) is 18.8 Å². The maximum atomic E-state index is 12.9. The third-order valence-corrected chi connectivity index (χ3v) is 5.05. The summed E-state index contributed by atoms with van der Waals surface area (Å²) in [5, 5.41) is 0. The maximum absolute atomic E-state index is 12.9. The highest BCUT2D eigenvalue weighted by Crippen LogP contribution is 2.25. The minimum Gasteiger partial charge on any atom is -0.338 e. The Morgan fingerprint density at radius 1 is 1.11 bits per heavy atom. The summed E-state index contributed by atoms with van der Waals surface area (Å²) >= 11 is 0. The number of carbonyl (C=O) groups excluding carboxylic acids is 1. The number of aromatic amines is 2. The van der Waals surface area contributed by atoms with E-state index < -0.39 is 5.56 Å². The van der Waals surface area contributed by atoms with E-state index in [0.29, 0.717) is 24.5 Å². The van der Waals surface area contributed by atoms with Crippen molar-refractivity contribution in [3.8, 4) is 11.3 Å². The summed E-state index contributed by atoms with van der Waals surface area (Å²) in [6.45, 7) is 1.02. The quantitative estimate of drug-likeness (QED) is 0.732. The number of likely N-dealkylation sites (tertiary alicyclic amines) is 1. The van der Waals surface area contributed by atoms with Crippen LogP contribution in [0.2, 0.25) is 0 Å². The second kappa shape index (κ2) is 7.64. The van der Waals surface area contributed by atoms with Crippen LogP contribution in [0.25, 0.3) is 11.3 Å². The first-order valence-electron chi connectivity index (χ1n) is 9.24. The average molecular weight is 376 g/mol. The number of pyridine rings is 1. The highest BCUT2D eigenvalue weighted by atomic mass is 16.2. The molecule has 142 valence electrons. The number of aromatic nitrogens is 3. The van der Waals surface area contributed by atoms with Crippen LogP contribution >= 0.6 is 0 Å². The molecule has 1 aliphatic heterocycles. The summed E-state index contributed by atoms with van der Waals surface area (Å²) in [6.07, 6.45) is 3.03. The molecule has 7 nitrogen and oxygen atoms in total. The SMILES string of the molecule is O=C(c1ccc(-c2ccccc2)[nH]c1=O)N1CCC[C@H](c2cc(=O)[nH]cn2)C1. The molecule has 4 rings (SSSR count). The fourth-order valence-electron chi connectivity index (χ4n) is 3.61. The topological polar surface area (TPSA) is 98.9 Å². The Morgan fingerprint density at radius 3 is 2.68 bits per heavy atom. The monoisotopic (exact) mass is 376 g/mol. The first-order chi connectivity index (χ1) is 13.6. The van der Waals surface area contributed by atoms with Gasteiger partial charge in [0.25, 0.3) is 17.0 Å². The second-order valence-electron chi connectivity index (χ2n) is 6.91. The number of hydrogen-bond acceptors (Lipinski definition) is 4. The summed E-state index contributed by atoms with van der Waals surface area (Å²) in [5.41, 5.74) is 1.75. The lowest BCUT2D eigenvalue weighted by Crippen LogP contribution is -2.41. The van der Waals surface area contributed by atoms with Gasteiger partial charge in [0, 0.05) is 30.8 Å². The van der Waals surface area contributed by atoms with Crippen LogP contribution in [0.3, 0.4) is 0 Å². The molecule has 0 spiro atoms. The lowest BCUT2D eigenvalue weighted by molar-refractivity contribution is 0.0704. The molecule has 0 radical (unpaired) electrons. The predicted molar refractivity (Wildman–Crippen MR) is 105 cm³/mol. The first kappa shape index (κ1) is 17.9. The van der Waals surface area contributed by atoms with Gasteiger partial charge in [-0.3, -0.25) is 14.4 Å². The smallest absolute Gasteiger partial charge is 0.261 e. The van der Waals surface area contributed by atoms with Crippen LogP contribution in [-0.2, 0) is 0 Å². The van der Waals surface area contributed by atoms with Crippen molar-refractivity contribution >= 4 is 5.91 Å². The summed E-state index contributed by atoms with van der Waals surface area (Å²) in [6, 6.07) is 14.3. The normalized spacial score (nSPS) is 16.7. The van der Waals surface area contributed by atoms with Gasteiger partial charge in [-0.15, -0.1) is 0 Å². The highest BCUT2D eigenvalue weighted by Gasteiger charge is 2.27. The van der Waals surface area contributed by atoms with E-state index in [1.54, 1.807) is 17.0 Å².